The minimum atomic E-state index is -1.19. The summed E-state index contributed by atoms with van der Waals surface area (Å²) in [5, 5.41) is 12.4. The van der Waals surface area contributed by atoms with Crippen molar-refractivity contribution >= 4 is 22.9 Å². The van der Waals surface area contributed by atoms with Crippen LogP contribution in [0, 0.1) is 18.6 Å². The van der Waals surface area contributed by atoms with E-state index >= 15 is 0 Å². The molecule has 0 fully saturated rings. The van der Waals surface area contributed by atoms with Crippen LogP contribution in [-0.4, -0.2) is 26.2 Å². The number of aryl methyl sites for hydroxylation is 1. The van der Waals surface area contributed by atoms with Gasteiger partial charge < -0.3 is 5.11 Å². The Bertz CT molecular complexity index is 970. The highest BCUT2D eigenvalue weighted by molar-refractivity contribution is 5.93. The predicted molar refractivity (Wildman–Crippen MR) is 95.3 cm³/mol. The first kappa shape index (κ1) is 18.0. The topological polar surface area (TPSA) is 67.2 Å². The number of hydrogen-bond donors (Lipinski definition) is 2. The van der Waals surface area contributed by atoms with Gasteiger partial charge in [0, 0.05) is 6.07 Å². The number of nitrogens with one attached hydrogen (secondary N) is 1. The van der Waals surface area contributed by atoms with E-state index in [9.17, 15) is 18.7 Å². The van der Waals surface area contributed by atoms with E-state index in [1.54, 1.807) is 6.07 Å². The van der Waals surface area contributed by atoms with Crippen molar-refractivity contribution in [3.8, 4) is 5.69 Å². The number of benzene rings is 2. The lowest BCUT2D eigenvalue weighted by atomic mass is 10.1. The number of anilines is 1. The van der Waals surface area contributed by atoms with Gasteiger partial charge >= 0.3 is 0 Å². The first-order valence-electron chi connectivity index (χ1n) is 8.10. The van der Waals surface area contributed by atoms with E-state index in [-0.39, 0.29) is 18.1 Å². The summed E-state index contributed by atoms with van der Waals surface area (Å²) in [7, 11) is 0. The summed E-state index contributed by atoms with van der Waals surface area (Å²) in [5.41, 5.74) is 1.12. The minimum absolute atomic E-state index is 0.129. The average molecular weight is 359 g/mol. The summed E-state index contributed by atoms with van der Waals surface area (Å²) in [6.07, 6.45) is -0.146. The maximum Gasteiger partial charge on any atom is 0.229 e. The van der Waals surface area contributed by atoms with Crippen LogP contribution >= 0.6 is 0 Å². The first-order chi connectivity index (χ1) is 12.1. The molecule has 7 heteroatoms. The molecule has 1 aromatic heterocycles. The fourth-order valence-electron chi connectivity index (χ4n) is 2.76. The van der Waals surface area contributed by atoms with Crippen LogP contribution < -0.4 is 5.32 Å². The van der Waals surface area contributed by atoms with E-state index in [0.717, 1.165) is 23.8 Å². The van der Waals surface area contributed by atoms with Gasteiger partial charge in [-0.1, -0.05) is 6.07 Å². The van der Waals surface area contributed by atoms with Crippen molar-refractivity contribution in [2.75, 3.05) is 5.32 Å². The summed E-state index contributed by atoms with van der Waals surface area (Å²) in [4.78, 5) is 16.6. The molecule has 2 N–H and O–H groups in total. The van der Waals surface area contributed by atoms with Crippen LogP contribution in [0.3, 0.4) is 0 Å². The third-order valence-electron chi connectivity index (χ3n) is 3.76. The zero-order chi connectivity index (χ0) is 19.1. The quantitative estimate of drug-likeness (QED) is 0.746. The molecule has 3 aromatic rings. The number of carbonyl (C=O) groups is 1. The third-order valence-corrected chi connectivity index (χ3v) is 3.76. The number of aliphatic hydroxyl groups is 1. The Balaban J connectivity index is 2.15. The average Bonchev–Trinajstić information content (AvgIpc) is 2.80. The number of nitrogens with zero attached hydrogens (tertiary/aromatic N) is 2. The SMILES string of the molecule is Cc1ccc2nc(NC(=O)CC(C)(C)O)n(-c3cc(F)cc(F)c3)c2c1. The van der Waals surface area contributed by atoms with Crippen LogP contribution in [0.4, 0.5) is 14.7 Å². The first-order valence-corrected chi connectivity index (χ1v) is 8.10. The predicted octanol–water partition coefficient (Wildman–Crippen LogP) is 3.71. The molecule has 0 saturated carbocycles. The molecule has 0 saturated heterocycles. The molecule has 0 aliphatic carbocycles. The van der Waals surface area contributed by atoms with Gasteiger partial charge in [-0.05, 0) is 50.6 Å². The maximum atomic E-state index is 13.7. The number of aromatic nitrogens is 2. The summed E-state index contributed by atoms with van der Waals surface area (Å²) < 4.78 is 28.9. The van der Waals surface area contributed by atoms with E-state index in [0.29, 0.717) is 11.0 Å². The largest absolute Gasteiger partial charge is 0.390 e. The summed E-state index contributed by atoms with van der Waals surface area (Å²) in [5.74, 6) is -1.79. The molecule has 136 valence electrons. The van der Waals surface area contributed by atoms with Crippen LogP contribution in [0.5, 0.6) is 0 Å². The van der Waals surface area contributed by atoms with Crippen molar-refractivity contribution in [2.24, 2.45) is 0 Å². The fraction of sp³-hybridized carbons (Fsp3) is 0.263. The zero-order valence-corrected chi connectivity index (χ0v) is 14.7. The van der Waals surface area contributed by atoms with Crippen LogP contribution in [0.1, 0.15) is 25.8 Å². The fourth-order valence-corrected chi connectivity index (χ4v) is 2.76. The highest BCUT2D eigenvalue weighted by Crippen LogP contribution is 2.27. The van der Waals surface area contributed by atoms with Gasteiger partial charge in [-0.2, -0.15) is 0 Å². The second-order valence-corrected chi connectivity index (χ2v) is 6.93. The van der Waals surface area contributed by atoms with Crippen LogP contribution in [0.2, 0.25) is 0 Å². The van der Waals surface area contributed by atoms with E-state index in [1.165, 1.54) is 18.4 Å². The number of amides is 1. The van der Waals surface area contributed by atoms with Crippen LogP contribution in [0.25, 0.3) is 16.7 Å². The Morgan fingerprint density at radius 2 is 1.85 bits per heavy atom. The normalized spacial score (nSPS) is 11.8. The van der Waals surface area contributed by atoms with E-state index < -0.39 is 23.1 Å². The van der Waals surface area contributed by atoms with Crippen LogP contribution in [-0.2, 0) is 4.79 Å². The molecule has 26 heavy (non-hydrogen) atoms. The highest BCUT2D eigenvalue weighted by Gasteiger charge is 2.21. The van der Waals surface area contributed by atoms with Gasteiger partial charge in [-0.25, -0.2) is 13.8 Å². The van der Waals surface area contributed by atoms with Gasteiger partial charge in [-0.15, -0.1) is 0 Å². The molecule has 5 nitrogen and oxygen atoms in total. The van der Waals surface area contributed by atoms with E-state index in [2.05, 4.69) is 10.3 Å². The summed E-state index contributed by atoms with van der Waals surface area (Å²) in [6.45, 7) is 4.91. The molecule has 2 aromatic carbocycles. The molecule has 0 aliphatic heterocycles. The lowest BCUT2D eigenvalue weighted by Crippen LogP contribution is -2.28. The molecular formula is C19H19F2N3O2. The number of carbonyl (C=O) groups excluding carboxylic acids is 1. The molecule has 0 aliphatic rings. The van der Waals surface area contributed by atoms with Gasteiger partial charge in [0.15, 0.2) is 0 Å². The number of hydrogen-bond acceptors (Lipinski definition) is 3. The lowest BCUT2D eigenvalue weighted by molar-refractivity contribution is -0.119. The summed E-state index contributed by atoms with van der Waals surface area (Å²) >= 11 is 0. The second kappa shape index (κ2) is 6.49. The van der Waals surface area contributed by atoms with Crippen molar-refractivity contribution < 1.29 is 18.7 Å². The Morgan fingerprint density at radius 1 is 1.19 bits per heavy atom. The number of halogens is 2. The smallest absolute Gasteiger partial charge is 0.229 e. The third kappa shape index (κ3) is 3.88. The lowest BCUT2D eigenvalue weighted by Gasteiger charge is -2.16. The van der Waals surface area contributed by atoms with Crippen molar-refractivity contribution in [2.45, 2.75) is 32.8 Å². The standard InChI is InChI=1S/C19H19F2N3O2/c1-11-4-5-15-16(6-11)24(14-8-12(20)7-13(21)9-14)18(22-15)23-17(25)10-19(2,3)26/h4-9,26H,10H2,1-3H3,(H,22,23,25). The minimum Gasteiger partial charge on any atom is -0.390 e. The molecule has 0 bridgehead atoms. The van der Waals surface area contributed by atoms with Gasteiger partial charge in [0.1, 0.15) is 11.6 Å². The highest BCUT2D eigenvalue weighted by atomic mass is 19.1. The van der Waals surface area contributed by atoms with Gasteiger partial charge in [0.05, 0.1) is 28.7 Å². The molecule has 1 amide bonds. The Kier molecular flexibility index (Phi) is 4.50. The maximum absolute atomic E-state index is 13.7. The number of imidazole rings is 1. The molecule has 0 radical (unpaired) electrons. The number of rotatable bonds is 4. The molecule has 0 spiro atoms. The molecule has 0 atom stereocenters. The molecule has 0 unspecified atom stereocenters. The van der Waals surface area contributed by atoms with Gasteiger partial charge in [0.2, 0.25) is 11.9 Å². The second-order valence-electron chi connectivity index (χ2n) is 6.93. The van der Waals surface area contributed by atoms with Crippen molar-refractivity contribution in [1.82, 2.24) is 9.55 Å². The van der Waals surface area contributed by atoms with E-state index in [4.69, 9.17) is 0 Å². The molecular weight excluding hydrogens is 340 g/mol. The van der Waals surface area contributed by atoms with Crippen molar-refractivity contribution in [3.63, 3.8) is 0 Å². The number of fused-ring (bicyclic) bond motifs is 1. The zero-order valence-electron chi connectivity index (χ0n) is 14.7. The Labute approximate surface area is 149 Å². The van der Waals surface area contributed by atoms with Crippen molar-refractivity contribution in [3.05, 3.63) is 53.6 Å². The van der Waals surface area contributed by atoms with Crippen LogP contribution in [0.15, 0.2) is 36.4 Å². The Morgan fingerprint density at radius 3 is 2.46 bits per heavy atom. The Hall–Kier alpha value is -2.80. The molecule has 3 rings (SSSR count). The van der Waals surface area contributed by atoms with Gasteiger partial charge in [0.25, 0.3) is 0 Å². The monoisotopic (exact) mass is 359 g/mol. The molecule has 1 heterocycles. The van der Waals surface area contributed by atoms with E-state index in [1.807, 2.05) is 19.1 Å². The summed E-state index contributed by atoms with van der Waals surface area (Å²) in [6, 6.07) is 8.55. The van der Waals surface area contributed by atoms with Gasteiger partial charge in [-0.3, -0.25) is 14.7 Å². The van der Waals surface area contributed by atoms with Crippen molar-refractivity contribution in [1.29, 1.82) is 0 Å².